The smallest absolute Gasteiger partial charge is 0.243 e. The van der Waals surface area contributed by atoms with Crippen LogP contribution in [0.15, 0.2) is 53.4 Å². The van der Waals surface area contributed by atoms with E-state index in [0.717, 1.165) is 5.56 Å². The number of amides is 1. The average molecular weight is 427 g/mol. The minimum atomic E-state index is -3.56. The van der Waals surface area contributed by atoms with E-state index in [9.17, 15) is 13.2 Å². The molecule has 0 unspecified atom stereocenters. The Balaban J connectivity index is 1.54. The second-order valence-corrected chi connectivity index (χ2v) is 9.29. The van der Waals surface area contributed by atoms with E-state index < -0.39 is 10.0 Å². The van der Waals surface area contributed by atoms with Crippen molar-refractivity contribution < 1.29 is 13.2 Å². The highest BCUT2D eigenvalue weighted by Crippen LogP contribution is 2.25. The molecule has 1 aliphatic rings. The first-order valence-corrected chi connectivity index (χ1v) is 10.8. The van der Waals surface area contributed by atoms with Crippen molar-refractivity contribution in [1.82, 2.24) is 9.62 Å². The summed E-state index contributed by atoms with van der Waals surface area (Å²) >= 11 is 11.7. The van der Waals surface area contributed by atoms with Crippen molar-refractivity contribution in [3.63, 3.8) is 0 Å². The molecule has 8 heteroatoms. The first-order chi connectivity index (χ1) is 12.9. The molecular formula is C19H20Cl2N2O3S. The van der Waals surface area contributed by atoms with E-state index >= 15 is 0 Å². The van der Waals surface area contributed by atoms with E-state index in [4.69, 9.17) is 23.2 Å². The van der Waals surface area contributed by atoms with Gasteiger partial charge in [-0.1, -0.05) is 35.3 Å². The summed E-state index contributed by atoms with van der Waals surface area (Å²) in [6.45, 7) is 1.08. The fourth-order valence-corrected chi connectivity index (χ4v) is 4.77. The van der Waals surface area contributed by atoms with Gasteiger partial charge in [0.1, 0.15) is 0 Å². The number of carbonyl (C=O) groups excluding carboxylic acids is 1. The number of hydrogen-bond donors (Lipinski definition) is 1. The molecule has 2 aromatic rings. The summed E-state index contributed by atoms with van der Waals surface area (Å²) in [5, 5.41) is 4.06. The van der Waals surface area contributed by atoms with Crippen LogP contribution in [0.5, 0.6) is 0 Å². The van der Waals surface area contributed by atoms with Crippen LogP contribution >= 0.6 is 23.2 Å². The Hall–Kier alpha value is -1.60. The second-order valence-electron chi connectivity index (χ2n) is 6.48. The quantitative estimate of drug-likeness (QED) is 0.791. The van der Waals surface area contributed by atoms with Crippen LogP contribution in [0.4, 0.5) is 0 Å². The third kappa shape index (κ3) is 5.02. The number of benzene rings is 2. The van der Waals surface area contributed by atoms with Gasteiger partial charge in [0.05, 0.1) is 4.90 Å². The van der Waals surface area contributed by atoms with E-state index in [1.54, 1.807) is 24.3 Å². The van der Waals surface area contributed by atoms with Gasteiger partial charge >= 0.3 is 0 Å². The number of rotatable bonds is 5. The fraction of sp³-hybridized carbons (Fsp3) is 0.316. The van der Waals surface area contributed by atoms with E-state index in [1.807, 2.05) is 12.1 Å². The molecule has 144 valence electrons. The summed E-state index contributed by atoms with van der Waals surface area (Å²) in [5.74, 6) is -0.234. The number of piperidine rings is 1. The SMILES string of the molecule is O=C(NCc1ccc(Cl)cc1)C1CCN(S(=O)(=O)c2ccc(Cl)cc2)CC1. The van der Waals surface area contributed by atoms with Crippen LogP contribution in [-0.2, 0) is 21.4 Å². The molecule has 1 saturated heterocycles. The summed E-state index contributed by atoms with van der Waals surface area (Å²) in [7, 11) is -3.56. The lowest BCUT2D eigenvalue weighted by Crippen LogP contribution is -2.42. The lowest BCUT2D eigenvalue weighted by Gasteiger charge is -2.30. The number of hydrogen-bond acceptors (Lipinski definition) is 3. The van der Waals surface area contributed by atoms with Gasteiger partial charge in [-0.2, -0.15) is 4.31 Å². The zero-order chi connectivity index (χ0) is 19.4. The molecule has 2 aromatic carbocycles. The number of halogens is 2. The number of nitrogens with zero attached hydrogens (tertiary/aromatic N) is 1. The second kappa shape index (κ2) is 8.61. The van der Waals surface area contributed by atoms with Crippen molar-refractivity contribution in [2.24, 2.45) is 5.92 Å². The minimum Gasteiger partial charge on any atom is -0.352 e. The van der Waals surface area contributed by atoms with Crippen molar-refractivity contribution in [1.29, 1.82) is 0 Å². The van der Waals surface area contributed by atoms with Crippen molar-refractivity contribution in [2.75, 3.05) is 13.1 Å². The highest BCUT2D eigenvalue weighted by molar-refractivity contribution is 7.89. The third-order valence-electron chi connectivity index (χ3n) is 4.66. The normalized spacial score (nSPS) is 16.2. The van der Waals surface area contributed by atoms with E-state index in [0.29, 0.717) is 42.5 Å². The molecule has 0 spiro atoms. The van der Waals surface area contributed by atoms with Gasteiger partial charge in [-0.3, -0.25) is 4.79 Å². The highest BCUT2D eigenvalue weighted by atomic mass is 35.5. The number of nitrogens with one attached hydrogen (secondary N) is 1. The summed E-state index contributed by atoms with van der Waals surface area (Å²) in [6.07, 6.45) is 0.999. The molecule has 1 aliphatic heterocycles. The van der Waals surface area contributed by atoms with Crippen LogP contribution in [0, 0.1) is 5.92 Å². The molecule has 1 heterocycles. The molecule has 0 bridgehead atoms. The molecule has 1 amide bonds. The zero-order valence-corrected chi connectivity index (χ0v) is 16.9. The summed E-state index contributed by atoms with van der Waals surface area (Å²) in [5.41, 5.74) is 0.968. The molecule has 27 heavy (non-hydrogen) atoms. The van der Waals surface area contributed by atoms with Crippen molar-refractivity contribution in [3.05, 3.63) is 64.1 Å². The zero-order valence-electron chi connectivity index (χ0n) is 14.6. The van der Waals surface area contributed by atoms with E-state index in [-0.39, 0.29) is 16.7 Å². The van der Waals surface area contributed by atoms with Crippen LogP contribution in [0.25, 0.3) is 0 Å². The molecule has 1 N–H and O–H groups in total. The molecule has 0 radical (unpaired) electrons. The topological polar surface area (TPSA) is 66.5 Å². The van der Waals surface area contributed by atoms with Crippen LogP contribution < -0.4 is 5.32 Å². The predicted octanol–water partition coefficient (Wildman–Crippen LogP) is 3.71. The van der Waals surface area contributed by atoms with E-state index in [2.05, 4.69) is 5.32 Å². The molecule has 0 atom stereocenters. The fourth-order valence-electron chi connectivity index (χ4n) is 3.05. The maximum absolute atomic E-state index is 12.7. The Bertz CT molecular complexity index is 892. The van der Waals surface area contributed by atoms with Crippen LogP contribution in [0.1, 0.15) is 18.4 Å². The average Bonchev–Trinajstić information content (AvgIpc) is 2.68. The summed E-state index contributed by atoms with van der Waals surface area (Å²) < 4.78 is 26.8. The van der Waals surface area contributed by atoms with Gasteiger partial charge in [0.15, 0.2) is 0 Å². The van der Waals surface area contributed by atoms with Gasteiger partial charge in [0, 0.05) is 35.6 Å². The number of carbonyl (C=O) groups is 1. The van der Waals surface area contributed by atoms with Gasteiger partial charge in [-0.15, -0.1) is 0 Å². The Kier molecular flexibility index (Phi) is 6.42. The Labute approximate surface area is 169 Å². The lowest BCUT2D eigenvalue weighted by molar-refractivity contribution is -0.126. The largest absolute Gasteiger partial charge is 0.352 e. The van der Waals surface area contributed by atoms with Gasteiger partial charge in [-0.05, 0) is 54.8 Å². The van der Waals surface area contributed by atoms with Crippen LogP contribution in [-0.4, -0.2) is 31.7 Å². The number of sulfonamides is 1. The Morgan fingerprint density at radius 1 is 0.963 bits per heavy atom. The molecule has 0 saturated carbocycles. The van der Waals surface area contributed by atoms with Crippen molar-refractivity contribution >= 4 is 39.1 Å². The Morgan fingerprint density at radius 2 is 1.48 bits per heavy atom. The van der Waals surface area contributed by atoms with Crippen LogP contribution in [0.3, 0.4) is 0 Å². The lowest BCUT2D eigenvalue weighted by atomic mass is 9.97. The molecule has 3 rings (SSSR count). The first kappa shape index (κ1) is 20.1. The van der Waals surface area contributed by atoms with Gasteiger partial charge < -0.3 is 5.32 Å². The minimum absolute atomic E-state index is 0.0477. The molecule has 5 nitrogen and oxygen atoms in total. The monoisotopic (exact) mass is 426 g/mol. The van der Waals surface area contributed by atoms with Crippen LogP contribution in [0.2, 0.25) is 10.0 Å². The molecule has 1 fully saturated rings. The van der Waals surface area contributed by atoms with Crippen molar-refractivity contribution in [3.8, 4) is 0 Å². The van der Waals surface area contributed by atoms with Gasteiger partial charge in [0.2, 0.25) is 15.9 Å². The first-order valence-electron chi connectivity index (χ1n) is 8.64. The molecule has 0 aromatic heterocycles. The maximum Gasteiger partial charge on any atom is 0.243 e. The maximum atomic E-state index is 12.7. The van der Waals surface area contributed by atoms with Crippen molar-refractivity contribution in [2.45, 2.75) is 24.3 Å². The van der Waals surface area contributed by atoms with Gasteiger partial charge in [-0.25, -0.2) is 8.42 Å². The third-order valence-corrected chi connectivity index (χ3v) is 7.07. The molecular weight excluding hydrogens is 407 g/mol. The highest BCUT2D eigenvalue weighted by Gasteiger charge is 2.31. The van der Waals surface area contributed by atoms with Gasteiger partial charge in [0.25, 0.3) is 0 Å². The molecule has 0 aliphatic carbocycles. The summed E-state index contributed by atoms with van der Waals surface area (Å²) in [4.78, 5) is 12.6. The Morgan fingerprint density at radius 3 is 2.04 bits per heavy atom. The van der Waals surface area contributed by atoms with E-state index in [1.165, 1.54) is 16.4 Å². The standard InChI is InChI=1S/C19H20Cl2N2O3S/c20-16-3-1-14(2-4-16)13-22-19(24)15-9-11-23(12-10-15)27(25,26)18-7-5-17(21)6-8-18/h1-8,15H,9-13H2,(H,22,24). The predicted molar refractivity (Wildman–Crippen MR) is 106 cm³/mol. The summed E-state index contributed by atoms with van der Waals surface area (Å²) in [6, 6.07) is 13.4.